The van der Waals surface area contributed by atoms with Crippen LogP contribution in [0.15, 0.2) is 48.5 Å². The Balaban J connectivity index is 2.04. The summed E-state index contributed by atoms with van der Waals surface area (Å²) in [6, 6.07) is 12.2. The van der Waals surface area contributed by atoms with Crippen LogP contribution < -0.4 is 20.1 Å². The van der Waals surface area contributed by atoms with Gasteiger partial charge in [-0.1, -0.05) is 12.1 Å². The van der Waals surface area contributed by atoms with Gasteiger partial charge in [0.05, 0.1) is 14.2 Å². The van der Waals surface area contributed by atoms with Crippen molar-refractivity contribution < 1.29 is 19.1 Å². The fourth-order valence-corrected chi connectivity index (χ4v) is 2.51. The molecule has 2 rings (SSSR count). The lowest BCUT2D eigenvalue weighted by atomic mass is 10.1. The summed E-state index contributed by atoms with van der Waals surface area (Å²) in [4.78, 5) is 24.3. The van der Waals surface area contributed by atoms with Crippen LogP contribution in [0.4, 0.5) is 5.69 Å². The predicted octanol–water partition coefficient (Wildman–Crippen LogP) is 3.88. The number of hydrogen-bond donors (Lipinski definition) is 2. The molecule has 0 bridgehead atoms. The van der Waals surface area contributed by atoms with Crippen LogP contribution in [0.5, 0.6) is 11.5 Å². The van der Waals surface area contributed by atoms with Gasteiger partial charge in [0.25, 0.3) is 5.91 Å². The molecule has 2 aromatic carbocycles. The van der Waals surface area contributed by atoms with Crippen molar-refractivity contribution >= 4 is 23.6 Å². The highest BCUT2D eigenvalue weighted by Gasteiger charge is 2.15. The zero-order chi connectivity index (χ0) is 20.7. The molecule has 28 heavy (non-hydrogen) atoms. The van der Waals surface area contributed by atoms with E-state index in [1.54, 1.807) is 50.6 Å². The summed E-state index contributed by atoms with van der Waals surface area (Å²) in [5.74, 6) is 0.699. The Bertz CT molecular complexity index is 865. The van der Waals surface area contributed by atoms with Crippen molar-refractivity contribution in [2.75, 3.05) is 19.5 Å². The van der Waals surface area contributed by atoms with E-state index >= 15 is 0 Å². The molecule has 2 aromatic rings. The minimum absolute atomic E-state index is 0.157. The van der Waals surface area contributed by atoms with E-state index in [2.05, 4.69) is 10.6 Å². The van der Waals surface area contributed by atoms with E-state index in [0.29, 0.717) is 22.7 Å². The molecule has 0 unspecified atom stereocenters. The van der Waals surface area contributed by atoms with Crippen molar-refractivity contribution in [2.45, 2.75) is 26.3 Å². The molecular formula is C22H26N2O4. The third kappa shape index (κ3) is 5.87. The van der Waals surface area contributed by atoms with E-state index in [4.69, 9.17) is 9.47 Å². The molecule has 0 aromatic heterocycles. The lowest BCUT2D eigenvalue weighted by Gasteiger charge is -2.20. The minimum Gasteiger partial charge on any atom is -0.493 e. The standard InChI is InChI=1S/C22H26N2O4/c1-22(2,3)24-21(26)16-9-12-17(13-10-16)23-19(25)14-11-15-7-6-8-18(27-4)20(15)28-5/h6-14H,1-5H3,(H,23,25)(H,24,26)/b14-11+. The van der Waals surface area contributed by atoms with Crippen molar-refractivity contribution in [3.8, 4) is 11.5 Å². The SMILES string of the molecule is COc1cccc(/C=C/C(=O)Nc2ccc(C(=O)NC(C)(C)C)cc2)c1OC. The summed E-state index contributed by atoms with van der Waals surface area (Å²) in [5, 5.41) is 5.66. The van der Waals surface area contributed by atoms with Crippen LogP contribution in [0.25, 0.3) is 6.08 Å². The Hall–Kier alpha value is -3.28. The molecule has 0 fully saturated rings. The Morgan fingerprint density at radius 3 is 2.21 bits per heavy atom. The lowest BCUT2D eigenvalue weighted by molar-refractivity contribution is -0.111. The smallest absolute Gasteiger partial charge is 0.251 e. The maximum atomic E-state index is 12.2. The Morgan fingerprint density at radius 1 is 0.964 bits per heavy atom. The molecule has 6 heteroatoms. The number of para-hydroxylation sites is 1. The first kappa shape index (κ1) is 21.0. The topological polar surface area (TPSA) is 76.7 Å². The molecule has 0 heterocycles. The number of benzene rings is 2. The first-order valence-electron chi connectivity index (χ1n) is 8.86. The molecule has 2 N–H and O–H groups in total. The van der Waals surface area contributed by atoms with Gasteiger partial charge in [-0.3, -0.25) is 9.59 Å². The van der Waals surface area contributed by atoms with E-state index < -0.39 is 0 Å². The average molecular weight is 382 g/mol. The largest absolute Gasteiger partial charge is 0.493 e. The third-order valence-corrected chi connectivity index (χ3v) is 3.75. The van der Waals surface area contributed by atoms with E-state index in [1.165, 1.54) is 6.08 Å². The van der Waals surface area contributed by atoms with Crippen molar-refractivity contribution in [2.24, 2.45) is 0 Å². The number of hydrogen-bond acceptors (Lipinski definition) is 4. The number of nitrogens with one attached hydrogen (secondary N) is 2. The van der Waals surface area contributed by atoms with Crippen LogP contribution in [0, 0.1) is 0 Å². The summed E-state index contributed by atoms with van der Waals surface area (Å²) < 4.78 is 10.6. The van der Waals surface area contributed by atoms with Crippen LogP contribution in [0.1, 0.15) is 36.7 Å². The Kier molecular flexibility index (Phi) is 6.82. The number of rotatable bonds is 6. The van der Waals surface area contributed by atoms with Crippen molar-refractivity contribution in [1.29, 1.82) is 0 Å². The van der Waals surface area contributed by atoms with Crippen LogP contribution in [-0.4, -0.2) is 31.6 Å². The van der Waals surface area contributed by atoms with E-state index in [9.17, 15) is 9.59 Å². The molecule has 0 atom stereocenters. The number of methoxy groups -OCH3 is 2. The number of anilines is 1. The Labute approximate surface area is 165 Å². The van der Waals surface area contributed by atoms with Gasteiger partial charge in [0.1, 0.15) is 0 Å². The maximum absolute atomic E-state index is 12.2. The highest BCUT2D eigenvalue weighted by molar-refractivity contribution is 6.02. The van der Waals surface area contributed by atoms with Crippen molar-refractivity contribution in [1.82, 2.24) is 5.32 Å². The second-order valence-corrected chi connectivity index (χ2v) is 7.19. The monoisotopic (exact) mass is 382 g/mol. The van der Waals surface area contributed by atoms with Crippen LogP contribution in [0.3, 0.4) is 0 Å². The van der Waals surface area contributed by atoms with E-state index in [0.717, 1.165) is 5.56 Å². The van der Waals surface area contributed by atoms with Gasteiger partial charge < -0.3 is 20.1 Å². The van der Waals surface area contributed by atoms with Gasteiger partial charge in [-0.25, -0.2) is 0 Å². The van der Waals surface area contributed by atoms with Gasteiger partial charge in [0, 0.05) is 28.4 Å². The zero-order valence-corrected chi connectivity index (χ0v) is 16.8. The summed E-state index contributed by atoms with van der Waals surface area (Å²) in [6.45, 7) is 5.76. The van der Waals surface area contributed by atoms with Gasteiger partial charge in [0.15, 0.2) is 11.5 Å². The fraction of sp³-hybridized carbons (Fsp3) is 0.273. The second-order valence-electron chi connectivity index (χ2n) is 7.19. The number of ether oxygens (including phenoxy) is 2. The van der Waals surface area contributed by atoms with Crippen molar-refractivity contribution in [3.05, 3.63) is 59.7 Å². The zero-order valence-electron chi connectivity index (χ0n) is 16.8. The molecule has 0 saturated heterocycles. The molecular weight excluding hydrogens is 356 g/mol. The molecule has 2 amide bonds. The first-order chi connectivity index (χ1) is 13.2. The molecule has 148 valence electrons. The lowest BCUT2D eigenvalue weighted by Crippen LogP contribution is -2.40. The molecule has 0 spiro atoms. The van der Waals surface area contributed by atoms with Gasteiger partial charge in [0.2, 0.25) is 5.91 Å². The number of carbonyl (C=O) groups excluding carboxylic acids is 2. The molecule has 0 saturated carbocycles. The highest BCUT2D eigenvalue weighted by Crippen LogP contribution is 2.31. The van der Waals surface area contributed by atoms with Gasteiger partial charge in [-0.15, -0.1) is 0 Å². The predicted molar refractivity (Wildman–Crippen MR) is 111 cm³/mol. The van der Waals surface area contributed by atoms with Crippen molar-refractivity contribution in [3.63, 3.8) is 0 Å². The first-order valence-corrected chi connectivity index (χ1v) is 8.86. The highest BCUT2D eigenvalue weighted by atomic mass is 16.5. The molecule has 0 aliphatic carbocycles. The van der Waals surface area contributed by atoms with Gasteiger partial charge in [-0.2, -0.15) is 0 Å². The fourth-order valence-electron chi connectivity index (χ4n) is 2.51. The third-order valence-electron chi connectivity index (χ3n) is 3.75. The second kappa shape index (κ2) is 9.08. The van der Waals surface area contributed by atoms with Gasteiger partial charge in [-0.05, 0) is 57.2 Å². The minimum atomic E-state index is -0.310. The summed E-state index contributed by atoms with van der Waals surface area (Å²) in [5.41, 5.74) is 1.55. The molecule has 0 aliphatic heterocycles. The normalized spacial score (nSPS) is 11.2. The molecule has 0 radical (unpaired) electrons. The summed E-state index contributed by atoms with van der Waals surface area (Å²) in [6.07, 6.45) is 3.07. The number of carbonyl (C=O) groups is 2. The average Bonchev–Trinajstić information content (AvgIpc) is 2.65. The maximum Gasteiger partial charge on any atom is 0.251 e. The van der Waals surface area contributed by atoms with Crippen LogP contribution >= 0.6 is 0 Å². The summed E-state index contributed by atoms with van der Waals surface area (Å²) >= 11 is 0. The summed E-state index contributed by atoms with van der Waals surface area (Å²) in [7, 11) is 3.11. The van der Waals surface area contributed by atoms with Crippen LogP contribution in [0.2, 0.25) is 0 Å². The number of amides is 2. The molecule has 6 nitrogen and oxygen atoms in total. The Morgan fingerprint density at radius 2 is 1.64 bits per heavy atom. The quantitative estimate of drug-likeness (QED) is 0.743. The van der Waals surface area contributed by atoms with E-state index in [-0.39, 0.29) is 17.4 Å². The van der Waals surface area contributed by atoms with E-state index in [1.807, 2.05) is 32.9 Å². The van der Waals surface area contributed by atoms with Gasteiger partial charge >= 0.3 is 0 Å². The molecule has 0 aliphatic rings. The van der Waals surface area contributed by atoms with Crippen LogP contribution in [-0.2, 0) is 4.79 Å².